The van der Waals surface area contributed by atoms with Gasteiger partial charge in [0.2, 0.25) is 0 Å². The molecule has 1 atom stereocenters. The van der Waals surface area contributed by atoms with Crippen molar-refractivity contribution in [1.29, 1.82) is 0 Å². The third kappa shape index (κ3) is 4.78. The summed E-state index contributed by atoms with van der Waals surface area (Å²) in [6.45, 7) is 6.68. The molecule has 0 bridgehead atoms. The minimum absolute atomic E-state index is 0.0116. The molecule has 0 radical (unpaired) electrons. The molecule has 26 heavy (non-hydrogen) atoms. The first kappa shape index (κ1) is 19.2. The summed E-state index contributed by atoms with van der Waals surface area (Å²) in [7, 11) is 0. The van der Waals surface area contributed by atoms with Gasteiger partial charge in [-0.3, -0.25) is 9.69 Å². The molecule has 1 aromatic carbocycles. The van der Waals surface area contributed by atoms with E-state index in [1.54, 1.807) is 11.3 Å². The van der Waals surface area contributed by atoms with Crippen LogP contribution in [0.3, 0.4) is 0 Å². The predicted octanol–water partition coefficient (Wildman–Crippen LogP) is 4.35. The zero-order valence-electron chi connectivity index (χ0n) is 15.3. The number of halogens is 1. The second-order valence-electron chi connectivity index (χ2n) is 6.74. The summed E-state index contributed by atoms with van der Waals surface area (Å²) in [5.74, 6) is 0.574. The Morgan fingerprint density at radius 3 is 2.62 bits per heavy atom. The largest absolute Gasteiger partial charge is 0.484 e. The molecule has 2 aromatic rings. The number of amides is 1. The highest BCUT2D eigenvalue weighted by Crippen LogP contribution is 2.28. The molecule has 4 nitrogen and oxygen atoms in total. The summed E-state index contributed by atoms with van der Waals surface area (Å²) < 4.78 is 5.65. The lowest BCUT2D eigenvalue weighted by atomic mass is 10.1. The summed E-state index contributed by atoms with van der Waals surface area (Å²) in [6.07, 6.45) is 2.46. The third-order valence-electron chi connectivity index (χ3n) is 4.73. The Bertz CT molecular complexity index is 719. The Hall–Kier alpha value is -1.56. The number of thiophene rings is 1. The van der Waals surface area contributed by atoms with Gasteiger partial charge in [0.25, 0.3) is 5.91 Å². The third-order valence-corrected chi connectivity index (χ3v) is 6.30. The minimum Gasteiger partial charge on any atom is -0.484 e. The standard InChI is InChI=1S/C20H25ClN2O2S/c1-14-10-16(11-15(2)20(14)21)25-13-19(24)22-12-17(18-6-5-9-26-18)23-7-3-4-8-23/h5-6,9-11,17H,3-4,7-8,12-13H2,1-2H3,(H,22,24)/t17-/m0/s1. The van der Waals surface area contributed by atoms with E-state index in [4.69, 9.17) is 16.3 Å². The molecular formula is C20H25ClN2O2S. The smallest absolute Gasteiger partial charge is 0.258 e. The monoisotopic (exact) mass is 392 g/mol. The molecule has 1 fully saturated rings. The fourth-order valence-corrected chi connectivity index (χ4v) is 4.31. The highest BCUT2D eigenvalue weighted by atomic mass is 35.5. The van der Waals surface area contributed by atoms with E-state index >= 15 is 0 Å². The first-order chi connectivity index (χ1) is 12.5. The molecule has 0 saturated carbocycles. The van der Waals surface area contributed by atoms with Crippen molar-refractivity contribution in [2.45, 2.75) is 32.7 Å². The highest BCUT2D eigenvalue weighted by molar-refractivity contribution is 7.10. The number of rotatable bonds is 7. The maximum atomic E-state index is 12.3. The van der Waals surface area contributed by atoms with Gasteiger partial charge < -0.3 is 10.1 Å². The van der Waals surface area contributed by atoms with Gasteiger partial charge in [-0.25, -0.2) is 0 Å². The molecule has 1 saturated heterocycles. The van der Waals surface area contributed by atoms with Gasteiger partial charge in [0, 0.05) is 16.4 Å². The van der Waals surface area contributed by atoms with Crippen LogP contribution in [-0.2, 0) is 4.79 Å². The number of nitrogens with zero attached hydrogens (tertiary/aromatic N) is 1. The van der Waals surface area contributed by atoms with E-state index in [0.717, 1.165) is 29.2 Å². The van der Waals surface area contributed by atoms with Crippen LogP contribution in [0.25, 0.3) is 0 Å². The van der Waals surface area contributed by atoms with E-state index in [1.807, 2.05) is 26.0 Å². The van der Waals surface area contributed by atoms with Crippen molar-refractivity contribution in [2.24, 2.45) is 0 Å². The Morgan fingerprint density at radius 2 is 2.00 bits per heavy atom. The molecule has 3 rings (SSSR count). The fourth-order valence-electron chi connectivity index (χ4n) is 3.34. The van der Waals surface area contributed by atoms with Gasteiger partial charge in [-0.05, 0) is 74.5 Å². The van der Waals surface area contributed by atoms with Crippen LogP contribution in [-0.4, -0.2) is 37.0 Å². The minimum atomic E-state index is -0.101. The number of hydrogen-bond donors (Lipinski definition) is 1. The zero-order valence-corrected chi connectivity index (χ0v) is 16.8. The van der Waals surface area contributed by atoms with Gasteiger partial charge in [-0.15, -0.1) is 11.3 Å². The van der Waals surface area contributed by atoms with Crippen molar-refractivity contribution in [1.82, 2.24) is 10.2 Å². The van der Waals surface area contributed by atoms with Crippen LogP contribution in [0, 0.1) is 13.8 Å². The van der Waals surface area contributed by atoms with Gasteiger partial charge in [-0.2, -0.15) is 0 Å². The van der Waals surface area contributed by atoms with Crippen LogP contribution >= 0.6 is 22.9 Å². The quantitative estimate of drug-likeness (QED) is 0.761. The van der Waals surface area contributed by atoms with Crippen LogP contribution in [0.1, 0.15) is 34.9 Å². The van der Waals surface area contributed by atoms with E-state index in [-0.39, 0.29) is 18.6 Å². The van der Waals surface area contributed by atoms with E-state index < -0.39 is 0 Å². The molecule has 1 N–H and O–H groups in total. The lowest BCUT2D eigenvalue weighted by molar-refractivity contribution is -0.123. The van der Waals surface area contributed by atoms with Gasteiger partial charge in [0.1, 0.15) is 5.75 Å². The number of carbonyl (C=O) groups excluding carboxylic acids is 1. The summed E-state index contributed by atoms with van der Waals surface area (Å²) in [4.78, 5) is 16.0. The molecule has 2 heterocycles. The lowest BCUT2D eigenvalue weighted by Crippen LogP contribution is -2.38. The van der Waals surface area contributed by atoms with Gasteiger partial charge in [0.05, 0.1) is 6.04 Å². The highest BCUT2D eigenvalue weighted by Gasteiger charge is 2.24. The lowest BCUT2D eigenvalue weighted by Gasteiger charge is -2.26. The molecule has 1 aromatic heterocycles. The molecule has 1 amide bonds. The van der Waals surface area contributed by atoms with E-state index in [2.05, 4.69) is 27.7 Å². The van der Waals surface area contributed by atoms with Gasteiger partial charge in [0.15, 0.2) is 6.61 Å². The zero-order chi connectivity index (χ0) is 18.5. The molecule has 0 unspecified atom stereocenters. The fraction of sp³-hybridized carbons (Fsp3) is 0.450. The maximum absolute atomic E-state index is 12.3. The number of benzene rings is 1. The van der Waals surface area contributed by atoms with E-state index in [0.29, 0.717) is 12.3 Å². The summed E-state index contributed by atoms with van der Waals surface area (Å²) in [5.41, 5.74) is 1.91. The molecule has 6 heteroatoms. The molecular weight excluding hydrogens is 368 g/mol. The molecule has 0 spiro atoms. The van der Waals surface area contributed by atoms with E-state index in [9.17, 15) is 4.79 Å². The normalized spacial score (nSPS) is 15.8. The molecule has 0 aliphatic carbocycles. The van der Waals surface area contributed by atoms with Crippen LogP contribution in [0.15, 0.2) is 29.6 Å². The topological polar surface area (TPSA) is 41.6 Å². The Kier molecular flexibility index (Phi) is 6.57. The van der Waals surface area contributed by atoms with Crippen molar-refractivity contribution < 1.29 is 9.53 Å². The van der Waals surface area contributed by atoms with Gasteiger partial charge >= 0.3 is 0 Å². The first-order valence-electron chi connectivity index (χ1n) is 8.98. The SMILES string of the molecule is Cc1cc(OCC(=O)NC[C@@H](c2cccs2)N2CCCC2)cc(C)c1Cl. The second kappa shape index (κ2) is 8.89. The van der Waals surface area contributed by atoms with Crippen LogP contribution < -0.4 is 10.1 Å². The van der Waals surface area contributed by atoms with Crippen LogP contribution in [0.4, 0.5) is 0 Å². The number of ether oxygens (including phenoxy) is 1. The van der Waals surface area contributed by atoms with Crippen LogP contribution in [0.2, 0.25) is 5.02 Å². The Labute approximate surface area is 164 Å². The van der Waals surface area contributed by atoms with Crippen molar-refractivity contribution in [3.05, 3.63) is 50.7 Å². The summed E-state index contributed by atoms with van der Waals surface area (Å²) >= 11 is 7.92. The maximum Gasteiger partial charge on any atom is 0.258 e. The Balaban J connectivity index is 1.54. The van der Waals surface area contributed by atoms with Crippen molar-refractivity contribution in [3.8, 4) is 5.75 Å². The summed E-state index contributed by atoms with van der Waals surface area (Å²) in [6, 6.07) is 8.19. The number of nitrogens with one attached hydrogen (secondary N) is 1. The number of carbonyl (C=O) groups is 1. The summed E-state index contributed by atoms with van der Waals surface area (Å²) in [5, 5.41) is 5.87. The number of likely N-dealkylation sites (tertiary alicyclic amines) is 1. The number of aryl methyl sites for hydroxylation is 2. The molecule has 1 aliphatic heterocycles. The molecule has 140 valence electrons. The van der Waals surface area contributed by atoms with Crippen molar-refractivity contribution >= 4 is 28.8 Å². The van der Waals surface area contributed by atoms with Crippen molar-refractivity contribution in [2.75, 3.05) is 26.2 Å². The van der Waals surface area contributed by atoms with Crippen LogP contribution in [0.5, 0.6) is 5.75 Å². The second-order valence-corrected chi connectivity index (χ2v) is 8.10. The average Bonchev–Trinajstić information content (AvgIpc) is 3.32. The number of hydrogen-bond acceptors (Lipinski definition) is 4. The van der Waals surface area contributed by atoms with Gasteiger partial charge in [-0.1, -0.05) is 17.7 Å². The Morgan fingerprint density at radius 1 is 1.31 bits per heavy atom. The predicted molar refractivity (Wildman–Crippen MR) is 107 cm³/mol. The van der Waals surface area contributed by atoms with E-state index in [1.165, 1.54) is 17.7 Å². The first-order valence-corrected chi connectivity index (χ1v) is 10.2. The molecule has 1 aliphatic rings. The van der Waals surface area contributed by atoms with Crippen molar-refractivity contribution in [3.63, 3.8) is 0 Å². The average molecular weight is 393 g/mol.